The van der Waals surface area contributed by atoms with Gasteiger partial charge in [0.2, 0.25) is 0 Å². The molecule has 0 bridgehead atoms. The lowest BCUT2D eigenvalue weighted by molar-refractivity contribution is 0.100. The van der Waals surface area contributed by atoms with Gasteiger partial charge in [0, 0.05) is 11.3 Å². The molecule has 3 aromatic carbocycles. The average Bonchev–Trinajstić information content (AvgIpc) is 3.03. The monoisotopic (exact) mass is 370 g/mol. The summed E-state index contributed by atoms with van der Waals surface area (Å²) in [5.74, 6) is -0.0936. The zero-order valence-electron chi connectivity index (χ0n) is 15.2. The second kappa shape index (κ2) is 7.00. The topological polar surface area (TPSA) is 90.0 Å². The third-order valence-electron chi connectivity index (χ3n) is 4.54. The van der Waals surface area contributed by atoms with E-state index in [9.17, 15) is 9.59 Å². The molecule has 3 N–H and O–H groups in total. The number of fused-ring (bicyclic) bond motifs is 1. The second-order valence-corrected chi connectivity index (χ2v) is 6.40. The third kappa shape index (κ3) is 3.12. The lowest BCUT2D eigenvalue weighted by Gasteiger charge is -2.09. The molecule has 0 unspecified atom stereocenters. The third-order valence-corrected chi connectivity index (χ3v) is 4.54. The highest BCUT2D eigenvalue weighted by Gasteiger charge is 2.15. The molecule has 6 heteroatoms. The number of nitrogens with one attached hydrogen (secondary N) is 1. The van der Waals surface area contributed by atoms with Crippen LogP contribution >= 0.6 is 0 Å². The van der Waals surface area contributed by atoms with E-state index in [4.69, 9.17) is 5.73 Å². The van der Waals surface area contributed by atoms with Crippen molar-refractivity contribution in [1.82, 2.24) is 9.55 Å². The van der Waals surface area contributed by atoms with Crippen molar-refractivity contribution in [3.63, 3.8) is 0 Å². The number of hydrogen-bond acceptors (Lipinski definition) is 3. The van der Waals surface area contributed by atoms with Crippen molar-refractivity contribution in [3.05, 3.63) is 89.7 Å². The normalized spacial score (nSPS) is 10.8. The predicted octanol–water partition coefficient (Wildman–Crippen LogP) is 3.69. The zero-order chi connectivity index (χ0) is 19.7. The van der Waals surface area contributed by atoms with Crippen LogP contribution in [0, 0.1) is 6.92 Å². The van der Waals surface area contributed by atoms with Gasteiger partial charge in [0.25, 0.3) is 11.8 Å². The highest BCUT2D eigenvalue weighted by atomic mass is 16.2. The fraction of sp³-hybridized carbons (Fsp3) is 0.0455. The maximum Gasteiger partial charge on any atom is 0.255 e. The van der Waals surface area contributed by atoms with Crippen molar-refractivity contribution in [2.75, 3.05) is 5.32 Å². The van der Waals surface area contributed by atoms with Crippen LogP contribution in [0.3, 0.4) is 0 Å². The van der Waals surface area contributed by atoms with Crippen LogP contribution in [0.2, 0.25) is 0 Å². The van der Waals surface area contributed by atoms with Crippen LogP contribution in [-0.4, -0.2) is 21.4 Å². The Balaban J connectivity index is 1.69. The Labute approximate surface area is 161 Å². The van der Waals surface area contributed by atoms with Crippen LogP contribution in [-0.2, 0) is 0 Å². The van der Waals surface area contributed by atoms with Crippen LogP contribution in [0.15, 0.2) is 72.8 Å². The molecule has 4 aromatic rings. The van der Waals surface area contributed by atoms with Crippen molar-refractivity contribution < 1.29 is 9.59 Å². The van der Waals surface area contributed by atoms with E-state index in [0.717, 1.165) is 22.5 Å². The summed E-state index contributed by atoms with van der Waals surface area (Å²) in [7, 11) is 0. The van der Waals surface area contributed by atoms with E-state index >= 15 is 0 Å². The largest absolute Gasteiger partial charge is 0.366 e. The van der Waals surface area contributed by atoms with Gasteiger partial charge in [-0.2, -0.15) is 0 Å². The number of anilines is 1. The Kier molecular flexibility index (Phi) is 4.37. The summed E-state index contributed by atoms with van der Waals surface area (Å²) in [6.45, 7) is 1.93. The molecule has 28 heavy (non-hydrogen) atoms. The molecule has 6 nitrogen and oxygen atoms in total. The Hall–Kier alpha value is -3.93. The smallest absolute Gasteiger partial charge is 0.255 e. The van der Waals surface area contributed by atoms with E-state index in [0.29, 0.717) is 11.3 Å². The SMILES string of the molecule is Cc1nc2cc(C(=O)Nc3ccccc3C(N)=O)ccc2n1-c1ccccc1. The standard InChI is InChI=1S/C22H18N4O2/c1-14-24-19-13-15(11-12-20(19)26(14)16-7-3-2-4-8-16)22(28)25-18-10-6-5-9-17(18)21(23)27/h2-13H,1H3,(H2,23,27)(H,25,28). The second-order valence-electron chi connectivity index (χ2n) is 6.40. The Morgan fingerprint density at radius 1 is 0.964 bits per heavy atom. The molecule has 1 heterocycles. The molecule has 0 fully saturated rings. The number of aromatic nitrogens is 2. The molecule has 0 spiro atoms. The number of rotatable bonds is 4. The molecule has 4 rings (SSSR count). The first-order valence-corrected chi connectivity index (χ1v) is 8.79. The molecule has 1 aromatic heterocycles. The van der Waals surface area contributed by atoms with E-state index in [1.54, 1.807) is 36.4 Å². The van der Waals surface area contributed by atoms with Crippen LogP contribution < -0.4 is 11.1 Å². The van der Waals surface area contributed by atoms with Gasteiger partial charge in [-0.1, -0.05) is 30.3 Å². The van der Waals surface area contributed by atoms with Crippen molar-refractivity contribution in [1.29, 1.82) is 0 Å². The summed E-state index contributed by atoms with van der Waals surface area (Å²) in [5.41, 5.74) is 9.11. The van der Waals surface area contributed by atoms with Crippen LogP contribution in [0.25, 0.3) is 16.7 Å². The van der Waals surface area contributed by atoms with Crippen LogP contribution in [0.5, 0.6) is 0 Å². The van der Waals surface area contributed by atoms with Gasteiger partial charge in [0.05, 0.1) is 22.3 Å². The van der Waals surface area contributed by atoms with Gasteiger partial charge in [-0.15, -0.1) is 0 Å². The van der Waals surface area contributed by atoms with Gasteiger partial charge in [-0.05, 0) is 49.4 Å². The number of nitrogens with zero attached hydrogens (tertiary/aromatic N) is 2. The number of amides is 2. The molecule has 0 aliphatic rings. The molecule has 0 saturated heterocycles. The minimum Gasteiger partial charge on any atom is -0.366 e. The lowest BCUT2D eigenvalue weighted by Crippen LogP contribution is -2.18. The summed E-state index contributed by atoms with van der Waals surface area (Å²) < 4.78 is 2.04. The zero-order valence-corrected chi connectivity index (χ0v) is 15.2. The Bertz CT molecular complexity index is 1200. The van der Waals surface area contributed by atoms with E-state index in [2.05, 4.69) is 10.3 Å². The first kappa shape index (κ1) is 17.5. The average molecular weight is 370 g/mol. The van der Waals surface area contributed by atoms with E-state index in [-0.39, 0.29) is 11.5 Å². The maximum atomic E-state index is 12.7. The number of hydrogen-bond donors (Lipinski definition) is 2. The minimum atomic E-state index is -0.594. The van der Waals surface area contributed by atoms with Gasteiger partial charge < -0.3 is 11.1 Å². The van der Waals surface area contributed by atoms with E-state index in [1.165, 1.54) is 0 Å². The molecule has 0 radical (unpaired) electrons. The predicted molar refractivity (Wildman–Crippen MR) is 109 cm³/mol. The molecule has 0 aliphatic carbocycles. The number of imidazole rings is 1. The summed E-state index contributed by atoms with van der Waals surface area (Å²) in [6.07, 6.45) is 0. The lowest BCUT2D eigenvalue weighted by atomic mass is 10.1. The van der Waals surface area contributed by atoms with E-state index in [1.807, 2.05) is 47.9 Å². The van der Waals surface area contributed by atoms with Gasteiger partial charge in [0.1, 0.15) is 5.82 Å². The minimum absolute atomic E-state index is 0.265. The quantitative estimate of drug-likeness (QED) is 0.574. The van der Waals surface area contributed by atoms with Gasteiger partial charge in [0.15, 0.2) is 0 Å². The maximum absolute atomic E-state index is 12.7. The van der Waals surface area contributed by atoms with Crippen molar-refractivity contribution >= 4 is 28.5 Å². The molecular formula is C22H18N4O2. The van der Waals surface area contributed by atoms with Gasteiger partial charge in [-0.25, -0.2) is 4.98 Å². The highest BCUT2D eigenvalue weighted by Crippen LogP contribution is 2.23. The van der Waals surface area contributed by atoms with Gasteiger partial charge in [-0.3, -0.25) is 14.2 Å². The summed E-state index contributed by atoms with van der Waals surface area (Å²) in [6, 6.07) is 21.9. The number of benzene rings is 3. The molecule has 138 valence electrons. The van der Waals surface area contributed by atoms with Gasteiger partial charge >= 0.3 is 0 Å². The Morgan fingerprint density at radius 3 is 2.43 bits per heavy atom. The summed E-state index contributed by atoms with van der Waals surface area (Å²) >= 11 is 0. The fourth-order valence-corrected chi connectivity index (χ4v) is 3.25. The molecule has 2 amide bonds. The first-order valence-electron chi connectivity index (χ1n) is 8.79. The molecule has 0 aliphatic heterocycles. The Morgan fingerprint density at radius 2 is 1.68 bits per heavy atom. The van der Waals surface area contributed by atoms with Crippen LogP contribution in [0.4, 0.5) is 5.69 Å². The number of carbonyl (C=O) groups is 2. The highest BCUT2D eigenvalue weighted by molar-refractivity contribution is 6.09. The number of carbonyl (C=O) groups excluding carboxylic acids is 2. The number of primary amides is 1. The summed E-state index contributed by atoms with van der Waals surface area (Å²) in [5, 5.41) is 2.75. The molecule has 0 saturated carbocycles. The first-order chi connectivity index (χ1) is 13.5. The van der Waals surface area contributed by atoms with Crippen molar-refractivity contribution in [2.45, 2.75) is 6.92 Å². The fourth-order valence-electron chi connectivity index (χ4n) is 3.25. The van der Waals surface area contributed by atoms with Crippen LogP contribution in [0.1, 0.15) is 26.5 Å². The number of aryl methyl sites for hydroxylation is 1. The molecule has 0 atom stereocenters. The van der Waals surface area contributed by atoms with E-state index < -0.39 is 5.91 Å². The van der Waals surface area contributed by atoms with Crippen molar-refractivity contribution in [2.24, 2.45) is 5.73 Å². The molecular weight excluding hydrogens is 352 g/mol. The summed E-state index contributed by atoms with van der Waals surface area (Å²) in [4.78, 5) is 28.8. The van der Waals surface area contributed by atoms with Crippen molar-refractivity contribution in [3.8, 4) is 5.69 Å². The number of para-hydroxylation sites is 2. The number of nitrogens with two attached hydrogens (primary N) is 1.